The molecular formula is C15H42O5Si6. The van der Waals surface area contributed by atoms with Crippen LogP contribution in [0, 0.1) is 0 Å². The van der Waals surface area contributed by atoms with Crippen LogP contribution in [0.3, 0.4) is 0 Å². The van der Waals surface area contributed by atoms with E-state index in [1.807, 2.05) is 0 Å². The third-order valence-corrected chi connectivity index (χ3v) is 28.0. The number of rotatable bonds is 8. The molecule has 11 heteroatoms. The molecule has 1 saturated heterocycles. The molecule has 0 radical (unpaired) electrons. The molecule has 1 rings (SSSR count). The molecule has 0 saturated carbocycles. The molecule has 0 aliphatic carbocycles. The molecule has 0 aromatic rings. The lowest BCUT2D eigenvalue weighted by atomic mass is 10.5. The molecule has 1 fully saturated rings. The Labute approximate surface area is 168 Å². The summed E-state index contributed by atoms with van der Waals surface area (Å²) < 4.78 is 34.2. The first-order valence-corrected chi connectivity index (χ1v) is 28.1. The largest absolute Gasteiger partial charge is 0.517 e. The molecule has 5 nitrogen and oxygen atoms in total. The van der Waals surface area contributed by atoms with Gasteiger partial charge in [-0.3, -0.25) is 0 Å². The van der Waals surface area contributed by atoms with Crippen LogP contribution in [-0.2, 0) is 20.9 Å². The van der Waals surface area contributed by atoms with Crippen LogP contribution in [0.5, 0.6) is 0 Å². The molecule has 0 N–H and O–H groups in total. The van der Waals surface area contributed by atoms with E-state index in [2.05, 4.69) is 78.6 Å². The minimum Gasteiger partial charge on any atom is -0.434 e. The van der Waals surface area contributed by atoms with Gasteiger partial charge in [0.1, 0.15) is 0 Å². The second-order valence-electron chi connectivity index (χ2n) is 11.1. The van der Waals surface area contributed by atoms with Gasteiger partial charge in [0, 0.05) is 6.61 Å². The summed E-state index contributed by atoms with van der Waals surface area (Å²) in [6, 6.07) is 0.933. The molecule has 26 heavy (non-hydrogen) atoms. The minimum atomic E-state index is -3.07. The van der Waals surface area contributed by atoms with Crippen molar-refractivity contribution in [3.05, 3.63) is 0 Å². The Kier molecular flexibility index (Phi) is 7.82. The maximum Gasteiger partial charge on any atom is 0.517 e. The Morgan fingerprint density at radius 3 is 1.23 bits per heavy atom. The molecule has 0 amide bonds. The molecule has 1 aliphatic rings. The van der Waals surface area contributed by atoms with Crippen LogP contribution in [0.2, 0.25) is 84.6 Å². The first-order valence-electron chi connectivity index (χ1n) is 9.73. The van der Waals surface area contributed by atoms with Crippen molar-refractivity contribution in [2.75, 3.05) is 6.61 Å². The van der Waals surface area contributed by atoms with Crippen molar-refractivity contribution >= 4 is 49.7 Å². The zero-order valence-electron chi connectivity index (χ0n) is 19.2. The van der Waals surface area contributed by atoms with Gasteiger partial charge in [-0.2, -0.15) is 0 Å². The molecule has 1 heterocycles. The second-order valence-corrected chi connectivity index (χ2v) is 38.8. The standard InChI is InChI=1S/C15H42O5Si6/c1-21(2,3)17-25(18-22(4,5)6)15-13-14-16-26(25,19-23(7,8)9)20-24(10,11)12/h13-15H2,1-12H3. The highest BCUT2D eigenvalue weighted by Gasteiger charge is 2.72. The third-order valence-electron chi connectivity index (χ3n) is 3.23. The van der Waals surface area contributed by atoms with E-state index in [0.717, 1.165) is 12.5 Å². The van der Waals surface area contributed by atoms with Crippen LogP contribution in [0.4, 0.5) is 0 Å². The van der Waals surface area contributed by atoms with E-state index < -0.39 is 49.7 Å². The molecule has 0 aromatic heterocycles. The van der Waals surface area contributed by atoms with Crippen molar-refractivity contribution in [3.8, 4) is 0 Å². The highest BCUT2D eigenvalue weighted by molar-refractivity contribution is 7.34. The summed E-state index contributed by atoms with van der Waals surface area (Å²) in [5.41, 5.74) is 0. The van der Waals surface area contributed by atoms with Crippen molar-refractivity contribution in [2.45, 2.75) is 91.0 Å². The quantitative estimate of drug-likeness (QED) is 0.452. The summed E-state index contributed by atoms with van der Waals surface area (Å²) >= 11 is 0. The zero-order valence-corrected chi connectivity index (χ0v) is 25.2. The number of hydrogen-bond acceptors (Lipinski definition) is 5. The van der Waals surface area contributed by atoms with Crippen LogP contribution in [0.25, 0.3) is 0 Å². The maximum absolute atomic E-state index is 6.97. The van der Waals surface area contributed by atoms with Gasteiger partial charge in [0.25, 0.3) is 0 Å². The SMILES string of the molecule is C[Si](C)(C)O[Si]1(O[Si](C)(C)C)CCCO[Si]1(O[Si](C)(C)C)O[Si](C)(C)C. The average molecular weight is 471 g/mol. The molecule has 0 unspecified atom stereocenters. The van der Waals surface area contributed by atoms with E-state index in [-0.39, 0.29) is 0 Å². The smallest absolute Gasteiger partial charge is 0.434 e. The van der Waals surface area contributed by atoms with E-state index in [1.54, 1.807) is 0 Å². The van der Waals surface area contributed by atoms with Crippen molar-refractivity contribution in [3.63, 3.8) is 0 Å². The highest BCUT2D eigenvalue weighted by atomic mass is 29.3. The Balaban J connectivity index is 3.58. The molecule has 0 spiro atoms. The topological polar surface area (TPSA) is 46.2 Å². The molecule has 0 atom stereocenters. The van der Waals surface area contributed by atoms with Gasteiger partial charge in [-0.15, -0.1) is 0 Å². The van der Waals surface area contributed by atoms with Crippen molar-refractivity contribution in [2.24, 2.45) is 0 Å². The fraction of sp³-hybridized carbons (Fsp3) is 1.00. The van der Waals surface area contributed by atoms with E-state index in [4.69, 9.17) is 20.9 Å². The predicted molar refractivity (Wildman–Crippen MR) is 125 cm³/mol. The van der Waals surface area contributed by atoms with Crippen LogP contribution < -0.4 is 0 Å². The maximum atomic E-state index is 6.97. The summed E-state index contributed by atoms with van der Waals surface area (Å²) in [5, 5.41) is 0. The molecule has 1 aliphatic heterocycles. The van der Waals surface area contributed by atoms with Gasteiger partial charge in [-0.05, 0) is 91.0 Å². The lowest BCUT2D eigenvalue weighted by molar-refractivity contribution is 0.148. The predicted octanol–water partition coefficient (Wildman–Crippen LogP) is 5.27. The lowest BCUT2D eigenvalue weighted by Gasteiger charge is -2.53. The molecule has 156 valence electrons. The minimum absolute atomic E-state index is 0.694. The molecule has 0 aromatic carbocycles. The fourth-order valence-electron chi connectivity index (χ4n) is 3.05. The normalized spacial score (nSPS) is 21.7. The van der Waals surface area contributed by atoms with Crippen molar-refractivity contribution in [1.82, 2.24) is 0 Å². The van der Waals surface area contributed by atoms with Crippen LogP contribution in [0.1, 0.15) is 6.42 Å². The van der Waals surface area contributed by atoms with Gasteiger partial charge in [0.15, 0.2) is 33.3 Å². The Bertz CT molecular complexity index is 399. The van der Waals surface area contributed by atoms with Crippen LogP contribution in [0.15, 0.2) is 0 Å². The Morgan fingerprint density at radius 2 is 0.923 bits per heavy atom. The van der Waals surface area contributed by atoms with Gasteiger partial charge in [-0.25, -0.2) is 0 Å². The van der Waals surface area contributed by atoms with E-state index >= 15 is 0 Å². The summed E-state index contributed by atoms with van der Waals surface area (Å²) in [5.74, 6) is 0. The first kappa shape index (κ1) is 25.1. The van der Waals surface area contributed by atoms with Gasteiger partial charge < -0.3 is 20.9 Å². The average Bonchev–Trinajstić information content (AvgIpc) is 2.24. The zero-order chi connectivity index (χ0) is 20.7. The van der Waals surface area contributed by atoms with Gasteiger partial charge in [0.05, 0.1) is 0 Å². The van der Waals surface area contributed by atoms with Crippen molar-refractivity contribution in [1.29, 1.82) is 0 Å². The summed E-state index contributed by atoms with van der Waals surface area (Å²) in [6.07, 6.45) is 0.972. The second kappa shape index (κ2) is 8.08. The fourth-order valence-corrected chi connectivity index (χ4v) is 42.1. The highest BCUT2D eigenvalue weighted by Crippen LogP contribution is 2.41. The van der Waals surface area contributed by atoms with Gasteiger partial charge in [-0.1, -0.05) is 0 Å². The summed E-state index contributed by atoms with van der Waals surface area (Å²) in [7, 11) is -13.4. The van der Waals surface area contributed by atoms with E-state index in [1.165, 1.54) is 0 Å². The van der Waals surface area contributed by atoms with Crippen molar-refractivity contribution < 1.29 is 20.9 Å². The van der Waals surface area contributed by atoms with Gasteiger partial charge in [0.2, 0.25) is 0 Å². The van der Waals surface area contributed by atoms with Crippen LogP contribution in [-0.4, -0.2) is 56.3 Å². The number of hydrogen-bond donors (Lipinski definition) is 0. The molecular weight excluding hydrogens is 429 g/mol. The first-order chi connectivity index (χ1) is 11.3. The Morgan fingerprint density at radius 1 is 0.577 bits per heavy atom. The van der Waals surface area contributed by atoms with E-state index in [0.29, 0.717) is 6.61 Å². The summed E-state index contributed by atoms with van der Waals surface area (Å²) in [6.45, 7) is 27.5. The lowest BCUT2D eigenvalue weighted by Crippen LogP contribution is -2.80. The molecule has 0 bridgehead atoms. The van der Waals surface area contributed by atoms with E-state index in [9.17, 15) is 0 Å². The Hall–Kier alpha value is 1.10. The monoisotopic (exact) mass is 470 g/mol. The summed E-state index contributed by atoms with van der Waals surface area (Å²) in [4.78, 5) is 0. The van der Waals surface area contributed by atoms with Crippen LogP contribution >= 0.6 is 0 Å². The van der Waals surface area contributed by atoms with Gasteiger partial charge >= 0.3 is 16.4 Å². The third kappa shape index (κ3) is 7.85.